The van der Waals surface area contributed by atoms with Gasteiger partial charge in [0.1, 0.15) is 24.5 Å². The van der Waals surface area contributed by atoms with E-state index in [1.54, 1.807) is 0 Å². The van der Waals surface area contributed by atoms with Gasteiger partial charge in [-0.1, -0.05) is 0 Å². The maximum Gasteiger partial charge on any atom is 0.419 e. The minimum atomic E-state index is -4.83. The van der Waals surface area contributed by atoms with Gasteiger partial charge in [-0.05, 0) is 25.1 Å². The lowest BCUT2D eigenvalue weighted by Gasteiger charge is -2.14. The molecular weight excluding hydrogens is 292 g/mol. The number of benzene rings is 1. The molecule has 2 aromatic rings. The van der Waals surface area contributed by atoms with Crippen molar-refractivity contribution >= 4 is 11.6 Å². The summed E-state index contributed by atoms with van der Waals surface area (Å²) in [7, 11) is 0. The van der Waals surface area contributed by atoms with Gasteiger partial charge in [0.2, 0.25) is 5.91 Å². The van der Waals surface area contributed by atoms with E-state index in [1.165, 1.54) is 24.3 Å². The van der Waals surface area contributed by atoms with Crippen LogP contribution in [0.2, 0.25) is 0 Å². The van der Waals surface area contributed by atoms with Gasteiger partial charge in [0.05, 0.1) is 5.56 Å². The summed E-state index contributed by atoms with van der Waals surface area (Å²) in [6, 6.07) is 1.48. The van der Waals surface area contributed by atoms with Crippen LogP contribution in [-0.2, 0) is 11.0 Å². The largest absolute Gasteiger partial charge is 0.419 e. The van der Waals surface area contributed by atoms with Gasteiger partial charge in [-0.2, -0.15) is 18.3 Å². The van der Waals surface area contributed by atoms with E-state index < -0.39 is 29.5 Å². The van der Waals surface area contributed by atoms with Crippen molar-refractivity contribution in [1.29, 1.82) is 0 Å². The molecule has 1 amide bonds. The number of nitrogens with zero attached hydrogens (tertiary/aromatic N) is 3. The van der Waals surface area contributed by atoms with Gasteiger partial charge < -0.3 is 5.32 Å². The van der Waals surface area contributed by atoms with Crippen molar-refractivity contribution in [2.24, 2.45) is 0 Å². The average Bonchev–Trinajstić information content (AvgIpc) is 2.92. The number of hydrogen-bond acceptors (Lipinski definition) is 3. The smallest absolute Gasteiger partial charge is 0.324 e. The summed E-state index contributed by atoms with van der Waals surface area (Å²) in [5, 5.41) is 6.03. The van der Waals surface area contributed by atoms with E-state index in [9.17, 15) is 22.4 Å². The first-order chi connectivity index (χ1) is 9.79. The Morgan fingerprint density at radius 3 is 2.67 bits per heavy atom. The fourth-order valence-corrected chi connectivity index (χ4v) is 1.60. The Hall–Kier alpha value is -2.45. The second-order valence-corrected chi connectivity index (χ2v) is 4.23. The molecule has 1 atom stereocenters. The number of rotatable bonds is 3. The number of amides is 1. The molecule has 0 spiro atoms. The van der Waals surface area contributed by atoms with E-state index in [0.29, 0.717) is 12.1 Å². The van der Waals surface area contributed by atoms with E-state index in [4.69, 9.17) is 0 Å². The minimum absolute atomic E-state index is 0.152. The van der Waals surface area contributed by atoms with Gasteiger partial charge in [0, 0.05) is 5.69 Å². The second-order valence-electron chi connectivity index (χ2n) is 4.23. The zero-order valence-electron chi connectivity index (χ0n) is 10.7. The highest BCUT2D eigenvalue weighted by Crippen LogP contribution is 2.33. The van der Waals surface area contributed by atoms with Crippen LogP contribution in [0.4, 0.5) is 23.2 Å². The summed E-state index contributed by atoms with van der Waals surface area (Å²) in [5.41, 5.74) is -1.59. The zero-order valence-corrected chi connectivity index (χ0v) is 10.7. The van der Waals surface area contributed by atoms with E-state index in [-0.39, 0.29) is 5.69 Å². The van der Waals surface area contributed by atoms with E-state index >= 15 is 0 Å². The number of anilines is 1. The highest BCUT2D eigenvalue weighted by Gasteiger charge is 2.34. The van der Waals surface area contributed by atoms with Crippen LogP contribution in [0.15, 0.2) is 30.9 Å². The summed E-state index contributed by atoms with van der Waals surface area (Å²) in [4.78, 5) is 15.5. The zero-order chi connectivity index (χ0) is 15.6. The molecule has 1 aromatic carbocycles. The van der Waals surface area contributed by atoms with Gasteiger partial charge in [0.15, 0.2) is 0 Å². The summed E-state index contributed by atoms with van der Waals surface area (Å²) >= 11 is 0. The Balaban J connectivity index is 2.18. The standard InChI is InChI=1S/C12H10F4N4O/c1-7(20-6-17-5-18-20)11(21)19-8-2-3-10(13)9(4-8)12(14,15)16/h2-7H,1H3,(H,19,21). The SMILES string of the molecule is CC(C(=O)Nc1ccc(F)c(C(F)(F)F)c1)n1cncn1. The van der Waals surface area contributed by atoms with Crippen molar-refractivity contribution in [3.8, 4) is 0 Å². The quantitative estimate of drug-likeness (QED) is 0.887. The second kappa shape index (κ2) is 5.51. The fraction of sp³-hybridized carbons (Fsp3) is 0.250. The maximum atomic E-state index is 13.1. The normalized spacial score (nSPS) is 13.0. The third-order valence-electron chi connectivity index (χ3n) is 2.75. The molecular formula is C12H10F4N4O. The molecule has 112 valence electrons. The fourth-order valence-electron chi connectivity index (χ4n) is 1.60. The predicted molar refractivity (Wildman–Crippen MR) is 64.8 cm³/mol. The van der Waals surface area contributed by atoms with Crippen molar-refractivity contribution < 1.29 is 22.4 Å². The number of carbonyl (C=O) groups is 1. The van der Waals surface area contributed by atoms with E-state index in [2.05, 4.69) is 15.4 Å². The van der Waals surface area contributed by atoms with Gasteiger partial charge in [-0.3, -0.25) is 4.79 Å². The Bertz CT molecular complexity index is 639. The molecule has 1 unspecified atom stereocenters. The molecule has 0 aliphatic rings. The van der Waals surface area contributed by atoms with E-state index in [0.717, 1.165) is 6.07 Å². The molecule has 9 heteroatoms. The molecule has 1 heterocycles. The number of alkyl halides is 3. The van der Waals surface area contributed by atoms with Gasteiger partial charge in [0.25, 0.3) is 0 Å². The van der Waals surface area contributed by atoms with Crippen LogP contribution in [0.1, 0.15) is 18.5 Å². The topological polar surface area (TPSA) is 59.8 Å². The molecule has 1 aromatic heterocycles. The first-order valence-corrected chi connectivity index (χ1v) is 5.81. The van der Waals surface area contributed by atoms with Crippen LogP contribution in [0.25, 0.3) is 0 Å². The molecule has 5 nitrogen and oxygen atoms in total. The Morgan fingerprint density at radius 2 is 2.10 bits per heavy atom. The van der Waals surface area contributed by atoms with Crippen molar-refractivity contribution in [2.45, 2.75) is 19.1 Å². The maximum absolute atomic E-state index is 13.1. The molecule has 0 bridgehead atoms. The molecule has 0 saturated heterocycles. The summed E-state index contributed by atoms with van der Waals surface area (Å²) in [6.07, 6.45) is -2.30. The molecule has 0 aliphatic heterocycles. The highest BCUT2D eigenvalue weighted by atomic mass is 19.4. The Labute approximate surface area is 116 Å². The number of hydrogen-bond donors (Lipinski definition) is 1. The summed E-state index contributed by atoms with van der Waals surface area (Å²) < 4.78 is 52.1. The van der Waals surface area contributed by atoms with Crippen LogP contribution < -0.4 is 5.32 Å². The van der Waals surface area contributed by atoms with Crippen LogP contribution in [0.5, 0.6) is 0 Å². The predicted octanol–water partition coefficient (Wildman–Crippen LogP) is 2.64. The number of nitrogens with one attached hydrogen (secondary N) is 1. The highest BCUT2D eigenvalue weighted by molar-refractivity contribution is 5.93. The van der Waals surface area contributed by atoms with E-state index in [1.807, 2.05) is 0 Å². The number of carbonyl (C=O) groups excluding carboxylic acids is 1. The lowest BCUT2D eigenvalue weighted by molar-refractivity contribution is -0.140. The molecule has 0 aliphatic carbocycles. The molecule has 21 heavy (non-hydrogen) atoms. The number of aromatic nitrogens is 3. The van der Waals surface area contributed by atoms with Crippen molar-refractivity contribution in [1.82, 2.24) is 14.8 Å². The Kier molecular flexibility index (Phi) is 3.92. The molecule has 2 rings (SSSR count). The summed E-state index contributed by atoms with van der Waals surface area (Å²) in [6.45, 7) is 1.50. The molecule has 1 N–H and O–H groups in total. The van der Waals surface area contributed by atoms with Gasteiger partial charge >= 0.3 is 6.18 Å². The number of halogens is 4. The molecule has 0 saturated carbocycles. The van der Waals surface area contributed by atoms with Gasteiger partial charge in [-0.15, -0.1) is 0 Å². The average molecular weight is 302 g/mol. The van der Waals surface area contributed by atoms with Crippen molar-refractivity contribution in [3.63, 3.8) is 0 Å². The van der Waals surface area contributed by atoms with Gasteiger partial charge in [-0.25, -0.2) is 14.1 Å². The minimum Gasteiger partial charge on any atom is -0.324 e. The lowest BCUT2D eigenvalue weighted by atomic mass is 10.1. The van der Waals surface area contributed by atoms with Crippen LogP contribution in [0, 0.1) is 5.82 Å². The van der Waals surface area contributed by atoms with Crippen molar-refractivity contribution in [2.75, 3.05) is 5.32 Å². The van der Waals surface area contributed by atoms with Crippen LogP contribution in [0.3, 0.4) is 0 Å². The third-order valence-corrected chi connectivity index (χ3v) is 2.75. The lowest BCUT2D eigenvalue weighted by Crippen LogP contribution is -2.24. The third kappa shape index (κ3) is 3.36. The first-order valence-electron chi connectivity index (χ1n) is 5.81. The van der Waals surface area contributed by atoms with Crippen LogP contribution in [-0.4, -0.2) is 20.7 Å². The first kappa shape index (κ1) is 14.9. The molecule has 0 radical (unpaired) electrons. The molecule has 0 fully saturated rings. The summed E-state index contributed by atoms with van der Waals surface area (Å²) in [5.74, 6) is -2.00. The Morgan fingerprint density at radius 1 is 1.38 bits per heavy atom. The van der Waals surface area contributed by atoms with Crippen LogP contribution >= 0.6 is 0 Å². The van der Waals surface area contributed by atoms with Crippen molar-refractivity contribution in [3.05, 3.63) is 42.2 Å². The monoisotopic (exact) mass is 302 g/mol.